The highest BCUT2D eigenvalue weighted by molar-refractivity contribution is 6.05. The number of hydrogen-bond donors (Lipinski definition) is 1. The van der Waals surface area contributed by atoms with Gasteiger partial charge in [0.15, 0.2) is 0 Å². The Hall–Kier alpha value is -2.97. The third-order valence-electron chi connectivity index (χ3n) is 3.19. The second-order valence-corrected chi connectivity index (χ2v) is 4.67. The minimum atomic E-state index is -0.964. The Balaban J connectivity index is 1.84. The van der Waals surface area contributed by atoms with Gasteiger partial charge >= 0.3 is 5.69 Å². The number of aromatic nitrogens is 2. The third kappa shape index (κ3) is 2.48. The Labute approximate surface area is 123 Å². The summed E-state index contributed by atoms with van der Waals surface area (Å²) >= 11 is 0. The third-order valence-corrected chi connectivity index (χ3v) is 3.19. The van der Waals surface area contributed by atoms with E-state index in [0.29, 0.717) is 19.0 Å². The summed E-state index contributed by atoms with van der Waals surface area (Å²) in [7, 11) is 0. The topological polar surface area (TPSA) is 99.3 Å². The second kappa shape index (κ2) is 5.43. The van der Waals surface area contributed by atoms with Crippen LogP contribution in [-0.2, 0) is 6.54 Å². The maximum Gasteiger partial charge on any atom is 0.306 e. The fraction of sp³-hybridized carbons (Fsp3) is 0.231. The summed E-state index contributed by atoms with van der Waals surface area (Å²) in [5, 5.41) is 17.2. The van der Waals surface area contributed by atoms with Crippen LogP contribution in [-0.4, -0.2) is 27.2 Å². The Morgan fingerprint density at radius 3 is 3.09 bits per heavy atom. The lowest BCUT2D eigenvalue weighted by atomic mass is 10.2. The molecule has 9 heteroatoms. The van der Waals surface area contributed by atoms with Crippen molar-refractivity contribution in [1.82, 2.24) is 9.78 Å². The molecule has 114 valence electrons. The zero-order valence-electron chi connectivity index (χ0n) is 11.3. The number of benzene rings is 1. The molecule has 22 heavy (non-hydrogen) atoms. The van der Waals surface area contributed by atoms with Crippen LogP contribution in [0.1, 0.15) is 16.8 Å². The van der Waals surface area contributed by atoms with Crippen LogP contribution in [0, 0.1) is 15.9 Å². The molecule has 1 amide bonds. The number of fused-ring (bicyclic) bond motifs is 1. The van der Waals surface area contributed by atoms with E-state index >= 15 is 0 Å². The minimum Gasteiger partial charge on any atom is -0.477 e. The molecule has 1 aromatic heterocycles. The largest absolute Gasteiger partial charge is 0.477 e. The molecule has 8 nitrogen and oxygen atoms in total. The molecule has 2 heterocycles. The van der Waals surface area contributed by atoms with Crippen LogP contribution in [0.4, 0.5) is 15.8 Å². The molecule has 1 aliphatic heterocycles. The molecule has 2 aromatic rings. The van der Waals surface area contributed by atoms with Gasteiger partial charge in [-0.1, -0.05) is 0 Å². The van der Waals surface area contributed by atoms with Crippen molar-refractivity contribution in [2.45, 2.75) is 13.0 Å². The van der Waals surface area contributed by atoms with Crippen LogP contribution in [0.3, 0.4) is 0 Å². The Morgan fingerprint density at radius 1 is 1.50 bits per heavy atom. The summed E-state index contributed by atoms with van der Waals surface area (Å²) in [5.41, 5.74) is -0.355. The van der Waals surface area contributed by atoms with Crippen molar-refractivity contribution in [3.8, 4) is 5.88 Å². The van der Waals surface area contributed by atoms with Gasteiger partial charge in [0, 0.05) is 24.7 Å². The van der Waals surface area contributed by atoms with Gasteiger partial charge in [-0.3, -0.25) is 14.9 Å². The number of hydrogen-bond acceptors (Lipinski definition) is 5. The highest BCUT2D eigenvalue weighted by atomic mass is 19.1. The fourth-order valence-corrected chi connectivity index (χ4v) is 2.15. The lowest BCUT2D eigenvalue weighted by Gasteiger charge is -2.15. The molecule has 0 atom stereocenters. The molecule has 0 aliphatic carbocycles. The lowest BCUT2D eigenvalue weighted by molar-refractivity contribution is -0.387. The number of halogens is 1. The number of carbonyl (C=O) groups is 1. The van der Waals surface area contributed by atoms with E-state index in [9.17, 15) is 19.3 Å². The quantitative estimate of drug-likeness (QED) is 0.690. The van der Waals surface area contributed by atoms with Gasteiger partial charge in [-0.05, 0) is 12.1 Å². The summed E-state index contributed by atoms with van der Waals surface area (Å²) < 4.78 is 20.2. The average Bonchev–Trinajstić information content (AvgIpc) is 2.93. The van der Waals surface area contributed by atoms with Gasteiger partial charge in [-0.15, -0.1) is 0 Å². The Morgan fingerprint density at radius 2 is 2.32 bits per heavy atom. The summed E-state index contributed by atoms with van der Waals surface area (Å²) in [4.78, 5) is 22.1. The molecular weight excluding hydrogens is 295 g/mol. The number of amides is 1. The predicted octanol–water partition coefficient (Wildman–Crippen LogP) is 1.97. The zero-order valence-corrected chi connectivity index (χ0v) is 11.3. The van der Waals surface area contributed by atoms with E-state index in [-0.39, 0.29) is 11.3 Å². The molecule has 0 saturated heterocycles. The number of aryl methyl sites for hydroxylation is 1. The molecule has 1 N–H and O–H groups in total. The number of nitro benzene ring substituents is 1. The molecule has 0 unspecified atom stereocenters. The molecule has 1 aromatic carbocycles. The van der Waals surface area contributed by atoms with E-state index in [0.717, 1.165) is 18.6 Å². The first-order valence-electron chi connectivity index (χ1n) is 6.50. The summed E-state index contributed by atoms with van der Waals surface area (Å²) in [5.74, 6) is -1.13. The molecule has 0 fully saturated rings. The van der Waals surface area contributed by atoms with Crippen molar-refractivity contribution in [2.75, 3.05) is 11.9 Å². The fourth-order valence-electron chi connectivity index (χ4n) is 2.15. The van der Waals surface area contributed by atoms with Crippen molar-refractivity contribution in [3.63, 3.8) is 0 Å². The minimum absolute atomic E-state index is 0.119. The highest BCUT2D eigenvalue weighted by Gasteiger charge is 2.22. The lowest BCUT2D eigenvalue weighted by Crippen LogP contribution is -2.18. The first-order chi connectivity index (χ1) is 10.6. The van der Waals surface area contributed by atoms with Crippen LogP contribution in [0.25, 0.3) is 0 Å². The van der Waals surface area contributed by atoms with Gasteiger partial charge in [-0.25, -0.2) is 4.68 Å². The number of ether oxygens (including phenoxy) is 1. The predicted molar refractivity (Wildman–Crippen MR) is 73.3 cm³/mol. The van der Waals surface area contributed by atoms with Gasteiger partial charge in [0.1, 0.15) is 5.56 Å². The van der Waals surface area contributed by atoms with Crippen molar-refractivity contribution in [3.05, 3.63) is 45.9 Å². The molecular formula is C13H11FN4O4. The molecule has 0 saturated carbocycles. The van der Waals surface area contributed by atoms with E-state index in [1.807, 2.05) is 0 Å². The van der Waals surface area contributed by atoms with Crippen molar-refractivity contribution >= 4 is 17.3 Å². The van der Waals surface area contributed by atoms with Crippen LogP contribution in [0.15, 0.2) is 24.4 Å². The summed E-state index contributed by atoms with van der Waals surface area (Å²) in [6, 6.07) is 3.14. The van der Waals surface area contributed by atoms with Crippen molar-refractivity contribution in [1.29, 1.82) is 0 Å². The second-order valence-electron chi connectivity index (χ2n) is 4.67. The number of carbonyl (C=O) groups excluding carboxylic acids is 1. The van der Waals surface area contributed by atoms with E-state index in [1.54, 1.807) is 4.68 Å². The van der Waals surface area contributed by atoms with E-state index in [4.69, 9.17) is 4.74 Å². The van der Waals surface area contributed by atoms with E-state index in [2.05, 4.69) is 10.4 Å². The van der Waals surface area contributed by atoms with Crippen molar-refractivity contribution in [2.24, 2.45) is 0 Å². The van der Waals surface area contributed by atoms with Gasteiger partial charge in [0.2, 0.25) is 11.7 Å². The first-order valence-corrected chi connectivity index (χ1v) is 6.50. The average molecular weight is 306 g/mol. The number of rotatable bonds is 3. The van der Waals surface area contributed by atoms with Crippen molar-refractivity contribution < 1.29 is 18.8 Å². The molecule has 0 spiro atoms. The molecule has 3 rings (SSSR count). The number of nitrogens with zero attached hydrogens (tertiary/aromatic N) is 3. The normalized spacial score (nSPS) is 13.1. The standard InChI is InChI=1S/C13H11FN4O4/c14-10-3-2-8(6-11(10)18(20)21)16-12(19)9-7-15-17-4-1-5-22-13(9)17/h2-3,6-7H,1,4-5H2,(H,16,19). The number of nitro groups is 1. The van der Waals surface area contributed by atoms with Crippen LogP contribution in [0.2, 0.25) is 0 Å². The van der Waals surface area contributed by atoms with Crippen LogP contribution >= 0.6 is 0 Å². The molecule has 0 radical (unpaired) electrons. The summed E-state index contributed by atoms with van der Waals surface area (Å²) in [6.07, 6.45) is 2.17. The number of nitrogens with one attached hydrogen (secondary N) is 1. The Bertz CT molecular complexity index is 758. The Kier molecular flexibility index (Phi) is 3.45. The highest BCUT2D eigenvalue weighted by Crippen LogP contribution is 2.25. The maximum absolute atomic E-state index is 13.3. The number of anilines is 1. The van der Waals surface area contributed by atoms with Crippen LogP contribution in [0.5, 0.6) is 5.88 Å². The smallest absolute Gasteiger partial charge is 0.306 e. The van der Waals surface area contributed by atoms with Gasteiger partial charge in [0.25, 0.3) is 5.91 Å². The summed E-state index contributed by atoms with van der Waals surface area (Å²) in [6.45, 7) is 1.15. The van der Waals surface area contributed by atoms with E-state index < -0.39 is 22.3 Å². The monoisotopic (exact) mass is 306 g/mol. The zero-order chi connectivity index (χ0) is 15.7. The van der Waals surface area contributed by atoms with Gasteiger partial charge < -0.3 is 10.1 Å². The SMILES string of the molecule is O=C(Nc1ccc(F)c([N+](=O)[O-])c1)c1cnn2c1OCCC2. The molecule has 1 aliphatic rings. The van der Waals surface area contributed by atoms with Gasteiger partial charge in [-0.2, -0.15) is 9.49 Å². The van der Waals surface area contributed by atoms with E-state index in [1.165, 1.54) is 12.3 Å². The van der Waals surface area contributed by atoms with Gasteiger partial charge in [0.05, 0.1) is 17.7 Å². The van der Waals surface area contributed by atoms with Crippen LogP contribution < -0.4 is 10.1 Å². The first kappa shape index (κ1) is 14.0. The maximum atomic E-state index is 13.3. The molecule has 0 bridgehead atoms.